The van der Waals surface area contributed by atoms with Crippen molar-refractivity contribution in [3.8, 4) is 11.4 Å². The van der Waals surface area contributed by atoms with E-state index in [0.29, 0.717) is 0 Å². The Hall–Kier alpha value is -1.57. The second kappa shape index (κ2) is 3.29. The van der Waals surface area contributed by atoms with E-state index in [0.717, 1.165) is 5.82 Å². The molecule has 0 bridgehead atoms. The molecule has 2 nitrogen and oxygen atoms in total. The smallest absolute Gasteiger partial charge is 0.137 e. The fraction of sp³-hybridized carbons (Fsp3) is 0.250. The third kappa shape index (κ3) is 1.33. The summed E-state index contributed by atoms with van der Waals surface area (Å²) >= 11 is 0. The molecular formula is C12H14N2. The maximum absolute atomic E-state index is 4.26. The Bertz CT molecular complexity index is 442. The lowest BCUT2D eigenvalue weighted by Gasteiger charge is -2.08. The Labute approximate surface area is 84.0 Å². The molecule has 0 spiro atoms. The van der Waals surface area contributed by atoms with Crippen molar-refractivity contribution in [2.24, 2.45) is 0 Å². The molecule has 1 heterocycles. The molecule has 2 rings (SSSR count). The van der Waals surface area contributed by atoms with Gasteiger partial charge < -0.3 is 4.98 Å². The maximum Gasteiger partial charge on any atom is 0.137 e. The number of imidazole rings is 1. The predicted octanol–water partition coefficient (Wildman–Crippen LogP) is 3.00. The van der Waals surface area contributed by atoms with E-state index in [1.807, 2.05) is 6.20 Å². The number of aromatic nitrogens is 2. The minimum absolute atomic E-state index is 0.950. The van der Waals surface area contributed by atoms with E-state index in [1.54, 1.807) is 6.20 Å². The van der Waals surface area contributed by atoms with E-state index in [4.69, 9.17) is 0 Å². The summed E-state index contributed by atoms with van der Waals surface area (Å²) in [6, 6.07) is 4.26. The number of H-pyrrole nitrogens is 1. The molecule has 0 aliphatic rings. The van der Waals surface area contributed by atoms with Crippen LogP contribution in [0.3, 0.4) is 0 Å². The molecule has 72 valence electrons. The molecule has 0 aliphatic heterocycles. The number of hydrogen-bond donors (Lipinski definition) is 1. The highest BCUT2D eigenvalue weighted by molar-refractivity contribution is 5.62. The predicted molar refractivity (Wildman–Crippen MR) is 58.2 cm³/mol. The number of aromatic amines is 1. The zero-order valence-corrected chi connectivity index (χ0v) is 8.76. The lowest BCUT2D eigenvalue weighted by Crippen LogP contribution is -1.91. The van der Waals surface area contributed by atoms with Gasteiger partial charge in [0.15, 0.2) is 0 Å². The van der Waals surface area contributed by atoms with E-state index >= 15 is 0 Å². The van der Waals surface area contributed by atoms with Gasteiger partial charge in [-0.1, -0.05) is 12.1 Å². The maximum atomic E-state index is 4.26. The van der Waals surface area contributed by atoms with Crippen LogP contribution in [-0.2, 0) is 0 Å². The Morgan fingerprint density at radius 2 is 1.86 bits per heavy atom. The van der Waals surface area contributed by atoms with Crippen LogP contribution < -0.4 is 0 Å². The van der Waals surface area contributed by atoms with Gasteiger partial charge in [0.05, 0.1) is 0 Å². The Morgan fingerprint density at radius 3 is 2.50 bits per heavy atom. The van der Waals surface area contributed by atoms with Crippen molar-refractivity contribution in [2.75, 3.05) is 0 Å². The van der Waals surface area contributed by atoms with Crippen LogP contribution >= 0.6 is 0 Å². The van der Waals surface area contributed by atoms with Crippen LogP contribution in [0.1, 0.15) is 16.7 Å². The molecular weight excluding hydrogens is 172 g/mol. The molecule has 2 heteroatoms. The lowest BCUT2D eigenvalue weighted by atomic mass is 9.98. The summed E-state index contributed by atoms with van der Waals surface area (Å²) < 4.78 is 0. The van der Waals surface area contributed by atoms with Gasteiger partial charge in [0.1, 0.15) is 5.82 Å². The molecule has 0 saturated heterocycles. The standard InChI is InChI=1S/C12H14N2/c1-8-4-5-11(10(3)9(8)2)12-13-6-7-14-12/h4-7H,1-3H3,(H,13,14). The Kier molecular flexibility index (Phi) is 2.12. The van der Waals surface area contributed by atoms with E-state index in [9.17, 15) is 0 Å². The van der Waals surface area contributed by atoms with Gasteiger partial charge in [-0.05, 0) is 37.5 Å². The third-order valence-corrected chi connectivity index (χ3v) is 2.81. The van der Waals surface area contributed by atoms with Gasteiger partial charge in [0.2, 0.25) is 0 Å². The van der Waals surface area contributed by atoms with E-state index < -0.39 is 0 Å². The normalized spacial score (nSPS) is 10.5. The number of hydrogen-bond acceptors (Lipinski definition) is 1. The molecule has 0 radical (unpaired) electrons. The topological polar surface area (TPSA) is 28.7 Å². The second-order valence-corrected chi connectivity index (χ2v) is 3.62. The van der Waals surface area contributed by atoms with Crippen LogP contribution in [0.15, 0.2) is 24.5 Å². The number of nitrogens with zero attached hydrogens (tertiary/aromatic N) is 1. The summed E-state index contributed by atoms with van der Waals surface area (Å²) in [5, 5.41) is 0. The number of benzene rings is 1. The molecule has 1 N–H and O–H groups in total. The molecule has 0 unspecified atom stereocenters. The molecule has 0 atom stereocenters. The van der Waals surface area contributed by atoms with Crippen molar-refractivity contribution in [1.29, 1.82) is 0 Å². The second-order valence-electron chi connectivity index (χ2n) is 3.62. The largest absolute Gasteiger partial charge is 0.345 e. The third-order valence-electron chi connectivity index (χ3n) is 2.81. The van der Waals surface area contributed by atoms with E-state index in [1.165, 1.54) is 22.3 Å². The zero-order valence-electron chi connectivity index (χ0n) is 8.76. The SMILES string of the molecule is Cc1ccc(-c2ncc[nH]2)c(C)c1C. The van der Waals surface area contributed by atoms with Crippen molar-refractivity contribution in [2.45, 2.75) is 20.8 Å². The fourth-order valence-electron chi connectivity index (χ4n) is 1.63. The highest BCUT2D eigenvalue weighted by Gasteiger charge is 2.06. The molecule has 0 fully saturated rings. The van der Waals surface area contributed by atoms with Crippen molar-refractivity contribution in [3.63, 3.8) is 0 Å². The van der Waals surface area contributed by atoms with Gasteiger partial charge in [0, 0.05) is 18.0 Å². The molecule has 1 aromatic heterocycles. The molecule has 2 aromatic rings. The van der Waals surface area contributed by atoms with Crippen LogP contribution in [0.5, 0.6) is 0 Å². The van der Waals surface area contributed by atoms with Crippen molar-refractivity contribution in [3.05, 3.63) is 41.2 Å². The van der Waals surface area contributed by atoms with Crippen molar-refractivity contribution in [1.82, 2.24) is 9.97 Å². The van der Waals surface area contributed by atoms with Crippen molar-refractivity contribution >= 4 is 0 Å². The summed E-state index contributed by atoms with van der Waals surface area (Å²) in [7, 11) is 0. The summed E-state index contributed by atoms with van der Waals surface area (Å²) in [6.45, 7) is 6.42. The number of rotatable bonds is 1. The highest BCUT2D eigenvalue weighted by atomic mass is 14.9. The first-order chi connectivity index (χ1) is 6.70. The van der Waals surface area contributed by atoms with Crippen LogP contribution in [-0.4, -0.2) is 9.97 Å². The Balaban J connectivity index is 2.61. The molecule has 0 amide bonds. The minimum atomic E-state index is 0.950. The lowest BCUT2D eigenvalue weighted by molar-refractivity contribution is 1.23. The monoisotopic (exact) mass is 186 g/mol. The first kappa shape index (κ1) is 9.00. The van der Waals surface area contributed by atoms with Crippen LogP contribution in [0.25, 0.3) is 11.4 Å². The van der Waals surface area contributed by atoms with E-state index in [-0.39, 0.29) is 0 Å². The fourth-order valence-corrected chi connectivity index (χ4v) is 1.63. The van der Waals surface area contributed by atoms with Gasteiger partial charge in [-0.15, -0.1) is 0 Å². The molecule has 0 aliphatic carbocycles. The van der Waals surface area contributed by atoms with Crippen LogP contribution in [0.4, 0.5) is 0 Å². The highest BCUT2D eigenvalue weighted by Crippen LogP contribution is 2.24. The summed E-state index contributed by atoms with van der Waals surface area (Å²) in [4.78, 5) is 7.39. The molecule has 0 saturated carbocycles. The zero-order chi connectivity index (χ0) is 10.1. The Morgan fingerprint density at radius 1 is 1.07 bits per heavy atom. The molecule has 14 heavy (non-hydrogen) atoms. The molecule has 1 aromatic carbocycles. The summed E-state index contributed by atoms with van der Waals surface area (Å²) in [6.07, 6.45) is 3.63. The van der Waals surface area contributed by atoms with Gasteiger partial charge in [-0.3, -0.25) is 0 Å². The van der Waals surface area contributed by atoms with Gasteiger partial charge in [0.25, 0.3) is 0 Å². The van der Waals surface area contributed by atoms with Gasteiger partial charge in [-0.25, -0.2) is 4.98 Å². The minimum Gasteiger partial charge on any atom is -0.345 e. The number of nitrogens with one attached hydrogen (secondary N) is 1. The van der Waals surface area contributed by atoms with Crippen LogP contribution in [0.2, 0.25) is 0 Å². The average Bonchev–Trinajstić information content (AvgIpc) is 2.67. The summed E-state index contributed by atoms with van der Waals surface area (Å²) in [5.74, 6) is 0.950. The first-order valence-electron chi connectivity index (χ1n) is 4.76. The summed E-state index contributed by atoms with van der Waals surface area (Å²) in [5.41, 5.74) is 5.18. The quantitative estimate of drug-likeness (QED) is 0.728. The average molecular weight is 186 g/mol. The van der Waals surface area contributed by atoms with Crippen LogP contribution in [0, 0.1) is 20.8 Å². The van der Waals surface area contributed by atoms with E-state index in [2.05, 4.69) is 42.9 Å². The van der Waals surface area contributed by atoms with Gasteiger partial charge in [-0.2, -0.15) is 0 Å². The number of aryl methyl sites for hydroxylation is 1. The van der Waals surface area contributed by atoms with Gasteiger partial charge >= 0.3 is 0 Å². The first-order valence-corrected chi connectivity index (χ1v) is 4.76. The van der Waals surface area contributed by atoms with Crippen molar-refractivity contribution < 1.29 is 0 Å².